The summed E-state index contributed by atoms with van der Waals surface area (Å²) in [7, 11) is 2.05. The molecule has 0 bridgehead atoms. The Balaban J connectivity index is 0. The Bertz CT molecular complexity index is 261. The van der Waals surface area contributed by atoms with Crippen molar-refractivity contribution in [1.82, 2.24) is 4.90 Å². The predicted molar refractivity (Wildman–Crippen MR) is 59.0 cm³/mol. The molecule has 0 radical (unpaired) electrons. The van der Waals surface area contributed by atoms with Crippen molar-refractivity contribution in [2.45, 2.75) is 52.6 Å². The minimum Gasteiger partial charge on any atom is -0.322 e. The number of rotatable bonds is 2. The van der Waals surface area contributed by atoms with Crippen molar-refractivity contribution in [1.29, 1.82) is 0 Å². The molecule has 92 valence electrons. The zero-order valence-corrected chi connectivity index (χ0v) is 18.2. The maximum Gasteiger partial charge on any atom is 0.119 e. The van der Waals surface area contributed by atoms with E-state index in [2.05, 4.69) is 32.1 Å². The van der Waals surface area contributed by atoms with E-state index >= 15 is 0 Å². The van der Waals surface area contributed by atoms with Gasteiger partial charge in [0.15, 0.2) is 0 Å². The van der Waals surface area contributed by atoms with Crippen LogP contribution >= 0.6 is 0 Å². The van der Waals surface area contributed by atoms with Crippen LogP contribution in [0.4, 0.5) is 0 Å². The second-order valence-corrected chi connectivity index (χ2v) is 4.99. The second kappa shape index (κ2) is 6.51. The summed E-state index contributed by atoms with van der Waals surface area (Å²) in [5.74, 6) is 0.240. The van der Waals surface area contributed by atoms with Crippen molar-refractivity contribution in [2.75, 3.05) is 7.05 Å². The van der Waals surface area contributed by atoms with Crippen molar-refractivity contribution in [3.8, 4) is 0 Å². The van der Waals surface area contributed by atoms with E-state index in [4.69, 9.17) is 0 Å². The molecule has 0 N–H and O–H groups in total. The largest absolute Gasteiger partial charge is 0.322 e. The third-order valence-electron chi connectivity index (χ3n) is 4.35. The van der Waals surface area contributed by atoms with Gasteiger partial charge in [0.25, 0.3) is 0 Å². The van der Waals surface area contributed by atoms with Crippen molar-refractivity contribution in [3.05, 3.63) is 6.42 Å². The summed E-state index contributed by atoms with van der Waals surface area (Å²) in [6.07, 6.45) is 3.31. The quantitative estimate of drug-likeness (QED) is 0.444. The van der Waals surface area contributed by atoms with Crippen LogP contribution in [-0.2, 0) is 25.9 Å². The summed E-state index contributed by atoms with van der Waals surface area (Å²) in [6, 6.07) is 0.432. The van der Waals surface area contributed by atoms with E-state index in [1.807, 2.05) is 14.0 Å². The molecule has 3 atom stereocenters. The first-order chi connectivity index (χ1) is 6.28. The van der Waals surface area contributed by atoms with Gasteiger partial charge >= 0.3 is 0 Å². The van der Waals surface area contributed by atoms with Crippen LogP contribution in [0.5, 0.6) is 0 Å². The summed E-state index contributed by atoms with van der Waals surface area (Å²) < 4.78 is 0. The summed E-state index contributed by atoms with van der Waals surface area (Å²) >= 11 is 0. The van der Waals surface area contributed by atoms with E-state index in [-0.39, 0.29) is 68.9 Å². The van der Waals surface area contributed by atoms with Gasteiger partial charge in [-0.05, 0) is 25.6 Å². The van der Waals surface area contributed by atoms with Crippen molar-refractivity contribution < 1.29 is 57.0 Å². The van der Waals surface area contributed by atoms with E-state index in [1.165, 1.54) is 0 Å². The molecule has 0 spiro atoms. The van der Waals surface area contributed by atoms with Gasteiger partial charge in [0.1, 0.15) is 5.78 Å². The number of ketones is 1. The van der Waals surface area contributed by atoms with Gasteiger partial charge in [-0.15, -0.1) is 5.41 Å². The molecule has 4 heteroatoms. The monoisotopic (exact) mass is 618 g/mol. The predicted octanol–water partition coefficient (Wildman–Crippen LogP) is 2.29. The van der Waals surface area contributed by atoms with Crippen LogP contribution in [0.2, 0.25) is 0 Å². The van der Waals surface area contributed by atoms with Gasteiger partial charge in [-0.2, -0.15) is 0 Å². The topological polar surface area (TPSA) is 20.3 Å². The molecule has 0 aromatic carbocycles. The molecule has 3 unspecified atom stereocenters. The maximum absolute atomic E-state index is 11.7. The number of Topliss-reactive ketones (excluding diaryl/α,β-unsaturated/α-hetero) is 1. The van der Waals surface area contributed by atoms with E-state index in [9.17, 15) is 4.79 Å². The minimum atomic E-state index is -0.371. The minimum absolute atomic E-state index is 0. The molecule has 16 heavy (non-hydrogen) atoms. The average molecular weight is 618 g/mol. The van der Waals surface area contributed by atoms with Crippen LogP contribution in [0.3, 0.4) is 0 Å². The van der Waals surface area contributed by atoms with Gasteiger partial charge in [-0.3, -0.25) is 6.42 Å². The normalized spacial score (nSPS) is 38.8. The van der Waals surface area contributed by atoms with Crippen LogP contribution in [0.25, 0.3) is 0 Å². The fourth-order valence-corrected chi connectivity index (χ4v) is 2.46. The SMILES string of the molecule is CCC1(C)[CH-]C(C)(C(C)=O)N(C)C1C.[U].[W]. The maximum atomic E-state index is 11.7. The van der Waals surface area contributed by atoms with E-state index in [1.54, 1.807) is 6.92 Å². The number of nitrogens with zero attached hydrogens (tertiary/aromatic N) is 1. The zero-order chi connectivity index (χ0) is 11.1. The molecular weight excluding hydrogens is 596 g/mol. The molecule has 1 aliphatic heterocycles. The molecule has 1 fully saturated rings. The molecule has 0 amide bonds. The fraction of sp³-hybridized carbons (Fsp3) is 0.833. The average Bonchev–Trinajstić information content (AvgIpc) is 2.30. The fourth-order valence-electron chi connectivity index (χ4n) is 2.46. The number of carbonyl (C=O) groups is 1. The van der Waals surface area contributed by atoms with Gasteiger partial charge in [0.2, 0.25) is 0 Å². The van der Waals surface area contributed by atoms with E-state index in [0.29, 0.717) is 6.04 Å². The molecule has 1 saturated heterocycles. The summed E-state index contributed by atoms with van der Waals surface area (Å²) in [5, 5.41) is 0. The first kappa shape index (κ1) is 19.7. The first-order valence-corrected chi connectivity index (χ1v) is 5.39. The van der Waals surface area contributed by atoms with Crippen molar-refractivity contribution in [2.24, 2.45) is 5.41 Å². The molecule has 1 aliphatic rings. The van der Waals surface area contributed by atoms with Crippen LogP contribution in [0, 0.1) is 42.9 Å². The van der Waals surface area contributed by atoms with Crippen LogP contribution < -0.4 is 0 Å². The number of hydrogen-bond acceptors (Lipinski definition) is 2. The Labute approximate surface area is 138 Å². The number of carbonyl (C=O) groups excluding carboxylic acids is 1. The van der Waals surface area contributed by atoms with E-state index < -0.39 is 0 Å². The van der Waals surface area contributed by atoms with Gasteiger partial charge < -0.3 is 9.69 Å². The number of hydrogen-bond donors (Lipinski definition) is 0. The molecule has 1 heterocycles. The number of likely N-dealkylation sites (N-methyl/N-ethyl adjacent to an activating group) is 1. The third-order valence-corrected chi connectivity index (χ3v) is 4.35. The molecule has 0 saturated carbocycles. The molecule has 2 nitrogen and oxygen atoms in total. The zero-order valence-electron chi connectivity index (χ0n) is 11.1. The molecular formula is C12H22NOUW-. The van der Waals surface area contributed by atoms with Gasteiger partial charge in [-0.25, -0.2) is 0 Å². The van der Waals surface area contributed by atoms with Crippen LogP contribution in [0.15, 0.2) is 0 Å². The molecule has 1 rings (SSSR count). The van der Waals surface area contributed by atoms with Crippen LogP contribution in [0.1, 0.15) is 41.0 Å². The third kappa shape index (κ3) is 3.03. The van der Waals surface area contributed by atoms with Crippen molar-refractivity contribution in [3.63, 3.8) is 0 Å². The summed E-state index contributed by atoms with van der Waals surface area (Å²) in [5.41, 5.74) is -0.209. The molecule has 0 aromatic rings. The second-order valence-electron chi connectivity index (χ2n) is 4.99. The van der Waals surface area contributed by atoms with Gasteiger partial charge in [0, 0.05) is 52.2 Å². The Kier molecular flexibility index (Phi) is 8.02. The first-order valence-electron chi connectivity index (χ1n) is 5.39. The Hall–Kier alpha value is 1.37. The van der Waals surface area contributed by atoms with E-state index in [0.717, 1.165) is 6.42 Å². The molecule has 0 aromatic heterocycles. The summed E-state index contributed by atoms with van der Waals surface area (Å²) in [6.45, 7) is 10.3. The van der Waals surface area contributed by atoms with Crippen LogP contribution in [-0.4, -0.2) is 29.3 Å². The standard InChI is InChI=1S/C12H22NO.U.W/c1-7-11(4)8-12(5,10(3)14)13(6)9(11)2;;/h8-9H,7H2,1-6H3;;/q-1;;. The molecule has 0 aliphatic carbocycles. The van der Waals surface area contributed by atoms with Gasteiger partial charge in [-0.1, -0.05) is 34.1 Å². The number of likely N-dealkylation sites (tertiary alicyclic amines) is 1. The van der Waals surface area contributed by atoms with Gasteiger partial charge in [0.05, 0.1) is 0 Å². The smallest absolute Gasteiger partial charge is 0.119 e. The Morgan fingerprint density at radius 2 is 1.88 bits per heavy atom. The van der Waals surface area contributed by atoms with Crippen molar-refractivity contribution >= 4 is 5.78 Å². The summed E-state index contributed by atoms with van der Waals surface area (Å²) in [4.78, 5) is 13.8. The Morgan fingerprint density at radius 3 is 2.06 bits per heavy atom. The Morgan fingerprint density at radius 1 is 1.44 bits per heavy atom.